The van der Waals surface area contributed by atoms with Crippen molar-refractivity contribution in [1.29, 1.82) is 0 Å². The van der Waals surface area contributed by atoms with E-state index in [0.717, 1.165) is 8.66 Å². The normalized spacial score (nSPS) is 10.1. The molecule has 1 rings (SSSR count). The number of alkyl halides is 1. The third-order valence-corrected chi connectivity index (χ3v) is 3.86. The Balaban J connectivity index is 2.33. The highest BCUT2D eigenvalue weighted by atomic mass is 79.9. The third kappa shape index (κ3) is 5.06. The predicted molar refractivity (Wildman–Crippen MR) is 72.2 cm³/mol. The van der Waals surface area contributed by atoms with E-state index in [4.69, 9.17) is 11.6 Å². The lowest BCUT2D eigenvalue weighted by atomic mass is 10.4. The molecular formula is C10H12BrClN2O2S. The van der Waals surface area contributed by atoms with Gasteiger partial charge < -0.3 is 10.2 Å². The van der Waals surface area contributed by atoms with Crippen LogP contribution in [0.2, 0.25) is 0 Å². The Labute approximate surface area is 117 Å². The minimum atomic E-state index is -0.263. The van der Waals surface area contributed by atoms with Crippen molar-refractivity contribution >= 4 is 50.7 Å². The fraction of sp³-hybridized carbons (Fsp3) is 0.400. The highest BCUT2D eigenvalue weighted by Crippen LogP contribution is 2.21. The molecule has 0 aromatic carbocycles. The number of nitrogens with zero attached hydrogens (tertiary/aromatic N) is 1. The SMILES string of the molecule is CN(CC(=O)NCc1ccc(Br)s1)C(=O)CCl. The summed E-state index contributed by atoms with van der Waals surface area (Å²) in [7, 11) is 1.55. The van der Waals surface area contributed by atoms with Crippen LogP contribution < -0.4 is 5.32 Å². The van der Waals surface area contributed by atoms with Gasteiger partial charge in [-0.3, -0.25) is 9.59 Å². The van der Waals surface area contributed by atoms with Crippen LogP contribution in [0.3, 0.4) is 0 Å². The first-order valence-corrected chi connectivity index (χ1v) is 6.98. The van der Waals surface area contributed by atoms with Crippen LogP contribution >= 0.6 is 38.9 Å². The lowest BCUT2D eigenvalue weighted by Gasteiger charge is -2.14. The highest BCUT2D eigenvalue weighted by molar-refractivity contribution is 9.11. The number of hydrogen-bond donors (Lipinski definition) is 1. The van der Waals surface area contributed by atoms with E-state index in [0.29, 0.717) is 6.54 Å². The molecule has 0 bridgehead atoms. The van der Waals surface area contributed by atoms with E-state index in [1.54, 1.807) is 18.4 Å². The topological polar surface area (TPSA) is 49.4 Å². The van der Waals surface area contributed by atoms with Gasteiger partial charge in [-0.1, -0.05) is 0 Å². The first-order chi connectivity index (χ1) is 8.02. The summed E-state index contributed by atoms with van der Waals surface area (Å²) in [6.45, 7) is 0.496. The minimum Gasteiger partial charge on any atom is -0.350 e. The molecule has 0 aliphatic carbocycles. The molecule has 0 aliphatic rings. The monoisotopic (exact) mass is 338 g/mol. The average Bonchev–Trinajstić information content (AvgIpc) is 2.71. The van der Waals surface area contributed by atoms with E-state index in [1.165, 1.54) is 4.90 Å². The quantitative estimate of drug-likeness (QED) is 0.832. The Morgan fingerprint density at radius 1 is 1.53 bits per heavy atom. The van der Waals surface area contributed by atoms with Crippen molar-refractivity contribution < 1.29 is 9.59 Å². The number of nitrogens with one attached hydrogen (secondary N) is 1. The zero-order valence-corrected chi connectivity index (χ0v) is 12.4. The van der Waals surface area contributed by atoms with Gasteiger partial charge in [0.2, 0.25) is 11.8 Å². The number of carbonyl (C=O) groups is 2. The second kappa shape index (κ2) is 6.98. The predicted octanol–water partition coefficient (Wildman–Crippen LogP) is 1.82. The molecular weight excluding hydrogens is 328 g/mol. The summed E-state index contributed by atoms with van der Waals surface area (Å²) >= 11 is 10.3. The number of halogens is 2. The van der Waals surface area contributed by atoms with Crippen molar-refractivity contribution in [1.82, 2.24) is 10.2 Å². The van der Waals surface area contributed by atoms with Gasteiger partial charge in [-0.05, 0) is 28.1 Å². The molecule has 94 valence electrons. The summed E-state index contributed by atoms with van der Waals surface area (Å²) in [4.78, 5) is 25.0. The Kier molecular flexibility index (Phi) is 5.94. The molecule has 4 nitrogen and oxygen atoms in total. The van der Waals surface area contributed by atoms with Gasteiger partial charge in [0.1, 0.15) is 5.88 Å². The summed E-state index contributed by atoms with van der Waals surface area (Å²) in [5, 5.41) is 2.74. The number of rotatable bonds is 5. The Hall–Kier alpha value is -0.590. The maximum absolute atomic E-state index is 11.5. The Morgan fingerprint density at radius 3 is 2.76 bits per heavy atom. The number of likely N-dealkylation sites (N-methyl/N-ethyl adjacent to an activating group) is 1. The molecule has 0 saturated carbocycles. The van der Waals surface area contributed by atoms with Gasteiger partial charge in [0.05, 0.1) is 16.9 Å². The first-order valence-electron chi connectivity index (χ1n) is 4.83. The van der Waals surface area contributed by atoms with Crippen molar-refractivity contribution in [2.24, 2.45) is 0 Å². The Bertz CT molecular complexity index is 411. The van der Waals surface area contributed by atoms with Gasteiger partial charge in [-0.25, -0.2) is 0 Å². The third-order valence-electron chi connectivity index (χ3n) is 2.01. The maximum Gasteiger partial charge on any atom is 0.239 e. The molecule has 0 radical (unpaired) electrons. The molecule has 17 heavy (non-hydrogen) atoms. The number of amides is 2. The smallest absolute Gasteiger partial charge is 0.239 e. The molecule has 1 heterocycles. The van der Waals surface area contributed by atoms with Gasteiger partial charge in [-0.15, -0.1) is 22.9 Å². The van der Waals surface area contributed by atoms with Gasteiger partial charge >= 0.3 is 0 Å². The van der Waals surface area contributed by atoms with Crippen molar-refractivity contribution in [3.05, 3.63) is 20.8 Å². The molecule has 1 N–H and O–H groups in total. The summed E-state index contributed by atoms with van der Waals surface area (Å²) in [6, 6.07) is 3.86. The zero-order chi connectivity index (χ0) is 12.8. The lowest BCUT2D eigenvalue weighted by Crippen LogP contribution is -2.38. The number of carbonyl (C=O) groups excluding carboxylic acids is 2. The molecule has 0 unspecified atom stereocenters. The summed E-state index contributed by atoms with van der Waals surface area (Å²) in [5.74, 6) is -0.571. The van der Waals surface area contributed by atoms with Gasteiger partial charge in [-0.2, -0.15) is 0 Å². The van der Waals surface area contributed by atoms with Gasteiger partial charge in [0.25, 0.3) is 0 Å². The van der Waals surface area contributed by atoms with E-state index >= 15 is 0 Å². The van der Waals surface area contributed by atoms with Gasteiger partial charge in [0.15, 0.2) is 0 Å². The van der Waals surface area contributed by atoms with Crippen LogP contribution in [0, 0.1) is 0 Å². The zero-order valence-electron chi connectivity index (χ0n) is 9.20. The maximum atomic E-state index is 11.5. The molecule has 0 atom stereocenters. The molecule has 0 fully saturated rings. The van der Waals surface area contributed by atoms with Crippen molar-refractivity contribution in [3.8, 4) is 0 Å². The highest BCUT2D eigenvalue weighted by Gasteiger charge is 2.11. The molecule has 2 amide bonds. The summed E-state index contributed by atoms with van der Waals surface area (Å²) in [6.07, 6.45) is 0. The van der Waals surface area contributed by atoms with E-state index in [1.807, 2.05) is 12.1 Å². The Morgan fingerprint density at radius 2 is 2.24 bits per heavy atom. The van der Waals surface area contributed by atoms with Crippen molar-refractivity contribution in [2.45, 2.75) is 6.54 Å². The summed E-state index contributed by atoms with van der Waals surface area (Å²) in [5.41, 5.74) is 0. The molecule has 1 aromatic rings. The number of thiophene rings is 1. The standard InChI is InChI=1S/C10H12BrClN2O2S/c1-14(10(16)4-12)6-9(15)13-5-7-2-3-8(11)17-7/h2-3H,4-6H2,1H3,(H,13,15). The fourth-order valence-electron chi connectivity index (χ4n) is 1.09. The molecule has 0 aliphatic heterocycles. The van der Waals surface area contributed by atoms with Crippen molar-refractivity contribution in [3.63, 3.8) is 0 Å². The van der Waals surface area contributed by atoms with Gasteiger partial charge in [0, 0.05) is 11.9 Å². The van der Waals surface area contributed by atoms with E-state index in [2.05, 4.69) is 21.2 Å². The van der Waals surface area contributed by atoms with Crippen molar-refractivity contribution in [2.75, 3.05) is 19.5 Å². The summed E-state index contributed by atoms with van der Waals surface area (Å²) < 4.78 is 1.02. The van der Waals surface area contributed by atoms with E-state index in [-0.39, 0.29) is 24.2 Å². The molecule has 1 aromatic heterocycles. The van der Waals surface area contributed by atoms with Crippen LogP contribution in [0.15, 0.2) is 15.9 Å². The molecule has 0 spiro atoms. The second-order valence-corrected chi connectivity index (χ2v) is 6.18. The lowest BCUT2D eigenvalue weighted by molar-refractivity contribution is -0.132. The van der Waals surface area contributed by atoms with E-state index < -0.39 is 0 Å². The van der Waals surface area contributed by atoms with Crippen LogP contribution in [0.5, 0.6) is 0 Å². The fourth-order valence-corrected chi connectivity index (χ4v) is 2.72. The van der Waals surface area contributed by atoms with Crippen LogP contribution in [-0.4, -0.2) is 36.2 Å². The van der Waals surface area contributed by atoms with Crippen LogP contribution in [0.4, 0.5) is 0 Å². The molecule has 0 saturated heterocycles. The van der Waals surface area contributed by atoms with Crippen LogP contribution in [0.25, 0.3) is 0 Å². The second-order valence-electron chi connectivity index (χ2n) is 3.37. The van der Waals surface area contributed by atoms with Crippen LogP contribution in [0.1, 0.15) is 4.88 Å². The average molecular weight is 340 g/mol. The largest absolute Gasteiger partial charge is 0.350 e. The minimum absolute atomic E-state index is 0.0259. The number of hydrogen-bond acceptors (Lipinski definition) is 3. The van der Waals surface area contributed by atoms with E-state index in [9.17, 15) is 9.59 Å². The first kappa shape index (κ1) is 14.5. The van der Waals surface area contributed by atoms with Crippen LogP contribution in [-0.2, 0) is 16.1 Å². The molecule has 7 heteroatoms.